The van der Waals surface area contributed by atoms with Gasteiger partial charge in [-0.3, -0.25) is 4.79 Å². The summed E-state index contributed by atoms with van der Waals surface area (Å²) in [5, 5.41) is 6.97. The van der Waals surface area contributed by atoms with Gasteiger partial charge in [-0.15, -0.1) is 0 Å². The Kier molecular flexibility index (Phi) is 4.69. The molecular formula is C22H22N4O2. The van der Waals surface area contributed by atoms with Crippen molar-refractivity contribution in [3.05, 3.63) is 71.4 Å². The fraction of sp³-hybridized carbons (Fsp3) is 0.227. The zero-order valence-electron chi connectivity index (χ0n) is 16.2. The first-order valence-corrected chi connectivity index (χ1v) is 9.27. The molecule has 4 aromatic rings. The number of nitrogens with zero attached hydrogens (tertiary/aromatic N) is 3. The molecule has 3 aromatic heterocycles. The van der Waals surface area contributed by atoms with Crippen molar-refractivity contribution in [3.63, 3.8) is 0 Å². The maximum absolute atomic E-state index is 12.5. The summed E-state index contributed by atoms with van der Waals surface area (Å²) >= 11 is 0. The summed E-state index contributed by atoms with van der Waals surface area (Å²) in [6.45, 7) is 5.75. The van der Waals surface area contributed by atoms with Gasteiger partial charge >= 0.3 is 0 Å². The van der Waals surface area contributed by atoms with Gasteiger partial charge in [0.25, 0.3) is 0 Å². The molecular weight excluding hydrogens is 352 g/mol. The van der Waals surface area contributed by atoms with Crippen LogP contribution in [0.3, 0.4) is 0 Å². The zero-order valence-corrected chi connectivity index (χ0v) is 16.2. The Morgan fingerprint density at radius 2 is 2.04 bits per heavy atom. The molecule has 0 saturated carbocycles. The second-order valence-electron chi connectivity index (χ2n) is 6.97. The minimum absolute atomic E-state index is 0.0322. The van der Waals surface area contributed by atoms with Crippen molar-refractivity contribution in [1.29, 1.82) is 0 Å². The first-order chi connectivity index (χ1) is 13.5. The van der Waals surface area contributed by atoms with E-state index in [1.807, 2.05) is 74.0 Å². The number of anilines is 1. The molecule has 0 fully saturated rings. The van der Waals surface area contributed by atoms with Gasteiger partial charge in [0, 0.05) is 35.6 Å². The van der Waals surface area contributed by atoms with E-state index in [1.54, 1.807) is 0 Å². The normalized spacial score (nSPS) is 11.1. The Labute approximate surface area is 163 Å². The number of carbonyl (C=O) groups excluding carboxylic acids is 1. The third-order valence-corrected chi connectivity index (χ3v) is 4.95. The van der Waals surface area contributed by atoms with Crippen LogP contribution in [0.1, 0.15) is 29.0 Å². The summed E-state index contributed by atoms with van der Waals surface area (Å²) in [6, 6.07) is 11.9. The van der Waals surface area contributed by atoms with Crippen molar-refractivity contribution >= 4 is 17.2 Å². The molecule has 0 unspecified atom stereocenters. The quantitative estimate of drug-likeness (QED) is 0.559. The molecule has 1 amide bonds. The van der Waals surface area contributed by atoms with Gasteiger partial charge in [0.05, 0.1) is 11.4 Å². The molecule has 0 saturated heterocycles. The molecule has 6 nitrogen and oxygen atoms in total. The standard InChI is InChI=1S/C22H22N4O2/c1-14-7-8-17(20-13-26-11-5-4-6-21(26)23-20)12-19(14)24-22(27)10-9-18-15(2)25-28-16(18)3/h4-8,11-13H,9-10H2,1-3H3,(H,24,27). The molecule has 0 bridgehead atoms. The molecule has 0 atom stereocenters. The van der Waals surface area contributed by atoms with E-state index in [0.717, 1.165) is 45.2 Å². The lowest BCUT2D eigenvalue weighted by Gasteiger charge is -2.10. The minimum Gasteiger partial charge on any atom is -0.361 e. The second-order valence-corrected chi connectivity index (χ2v) is 6.97. The number of imidazole rings is 1. The van der Waals surface area contributed by atoms with Crippen LogP contribution in [0.2, 0.25) is 0 Å². The SMILES string of the molecule is Cc1ccc(-c2cn3ccccc3n2)cc1NC(=O)CCc1c(C)noc1C. The number of carbonyl (C=O) groups is 1. The number of amides is 1. The number of benzene rings is 1. The predicted octanol–water partition coefficient (Wildman–Crippen LogP) is 4.49. The highest BCUT2D eigenvalue weighted by Gasteiger charge is 2.13. The van der Waals surface area contributed by atoms with E-state index in [1.165, 1.54) is 0 Å². The van der Waals surface area contributed by atoms with Crippen molar-refractivity contribution in [2.24, 2.45) is 0 Å². The Morgan fingerprint density at radius 1 is 1.18 bits per heavy atom. The van der Waals surface area contributed by atoms with Gasteiger partial charge in [0.15, 0.2) is 0 Å². The van der Waals surface area contributed by atoms with Crippen LogP contribution in [0.15, 0.2) is 53.3 Å². The Bertz CT molecular complexity index is 1100. The summed E-state index contributed by atoms with van der Waals surface area (Å²) < 4.78 is 7.15. The molecule has 3 heterocycles. The third kappa shape index (κ3) is 3.53. The summed E-state index contributed by atoms with van der Waals surface area (Å²) in [6.07, 6.45) is 4.94. The van der Waals surface area contributed by atoms with Crippen molar-refractivity contribution in [2.45, 2.75) is 33.6 Å². The maximum atomic E-state index is 12.5. The van der Waals surface area contributed by atoms with Gasteiger partial charge in [-0.2, -0.15) is 0 Å². The van der Waals surface area contributed by atoms with E-state index in [-0.39, 0.29) is 5.91 Å². The van der Waals surface area contributed by atoms with Crippen molar-refractivity contribution in [2.75, 3.05) is 5.32 Å². The first-order valence-electron chi connectivity index (χ1n) is 9.27. The lowest BCUT2D eigenvalue weighted by Crippen LogP contribution is -2.13. The molecule has 0 aliphatic heterocycles. The summed E-state index contributed by atoms with van der Waals surface area (Å²) in [5.41, 5.74) is 6.40. The van der Waals surface area contributed by atoms with Gasteiger partial charge in [0.2, 0.25) is 5.91 Å². The smallest absolute Gasteiger partial charge is 0.224 e. The molecule has 0 aliphatic carbocycles. The van der Waals surface area contributed by atoms with Crippen molar-refractivity contribution < 1.29 is 9.32 Å². The van der Waals surface area contributed by atoms with Crippen molar-refractivity contribution in [1.82, 2.24) is 14.5 Å². The molecule has 0 radical (unpaired) electrons. The number of hydrogen-bond acceptors (Lipinski definition) is 4. The summed E-state index contributed by atoms with van der Waals surface area (Å²) in [4.78, 5) is 17.1. The lowest BCUT2D eigenvalue weighted by molar-refractivity contribution is -0.116. The van der Waals surface area contributed by atoms with Gasteiger partial charge in [-0.25, -0.2) is 4.98 Å². The molecule has 6 heteroatoms. The highest BCUT2D eigenvalue weighted by molar-refractivity contribution is 5.92. The van der Waals surface area contributed by atoms with Crippen LogP contribution in [0.4, 0.5) is 5.69 Å². The van der Waals surface area contributed by atoms with Gasteiger partial charge in [-0.1, -0.05) is 23.4 Å². The molecule has 0 spiro atoms. The minimum atomic E-state index is -0.0322. The fourth-order valence-corrected chi connectivity index (χ4v) is 3.30. The highest BCUT2D eigenvalue weighted by atomic mass is 16.5. The molecule has 1 N–H and O–H groups in total. The van der Waals surface area contributed by atoms with Crippen LogP contribution in [0, 0.1) is 20.8 Å². The summed E-state index contributed by atoms with van der Waals surface area (Å²) in [7, 11) is 0. The lowest BCUT2D eigenvalue weighted by atomic mass is 10.1. The summed E-state index contributed by atoms with van der Waals surface area (Å²) in [5.74, 6) is 0.741. The number of aryl methyl sites for hydroxylation is 3. The van der Waals surface area contributed by atoms with Crippen LogP contribution in [0.5, 0.6) is 0 Å². The van der Waals surface area contributed by atoms with Crippen LogP contribution in [-0.4, -0.2) is 20.4 Å². The maximum Gasteiger partial charge on any atom is 0.224 e. The third-order valence-electron chi connectivity index (χ3n) is 4.95. The van der Waals surface area contributed by atoms with E-state index >= 15 is 0 Å². The highest BCUT2D eigenvalue weighted by Crippen LogP contribution is 2.25. The van der Waals surface area contributed by atoms with Gasteiger partial charge in [-0.05, 0) is 51.0 Å². The van der Waals surface area contributed by atoms with Gasteiger partial charge < -0.3 is 14.2 Å². The topological polar surface area (TPSA) is 72.4 Å². The average Bonchev–Trinajstić information content (AvgIpc) is 3.25. The van der Waals surface area contributed by atoms with Crippen LogP contribution in [-0.2, 0) is 11.2 Å². The fourth-order valence-electron chi connectivity index (χ4n) is 3.30. The molecule has 28 heavy (non-hydrogen) atoms. The van der Waals surface area contributed by atoms with E-state index < -0.39 is 0 Å². The molecule has 0 aliphatic rings. The largest absolute Gasteiger partial charge is 0.361 e. The van der Waals surface area contributed by atoms with E-state index in [4.69, 9.17) is 4.52 Å². The first kappa shape index (κ1) is 18.0. The van der Waals surface area contributed by atoms with Gasteiger partial charge in [0.1, 0.15) is 11.4 Å². The Morgan fingerprint density at radius 3 is 2.79 bits per heavy atom. The number of aromatic nitrogens is 3. The Hall–Kier alpha value is -3.41. The van der Waals surface area contributed by atoms with E-state index in [0.29, 0.717) is 12.8 Å². The monoisotopic (exact) mass is 374 g/mol. The van der Waals surface area contributed by atoms with Crippen LogP contribution >= 0.6 is 0 Å². The number of nitrogens with one attached hydrogen (secondary N) is 1. The van der Waals surface area contributed by atoms with E-state index in [9.17, 15) is 4.79 Å². The second kappa shape index (κ2) is 7.31. The Balaban J connectivity index is 1.51. The predicted molar refractivity (Wildman–Crippen MR) is 108 cm³/mol. The average molecular weight is 374 g/mol. The number of rotatable bonds is 5. The van der Waals surface area contributed by atoms with E-state index in [2.05, 4.69) is 15.5 Å². The number of hydrogen-bond donors (Lipinski definition) is 1. The molecule has 4 rings (SSSR count). The van der Waals surface area contributed by atoms with Crippen LogP contribution in [0.25, 0.3) is 16.9 Å². The molecule has 1 aromatic carbocycles. The zero-order chi connectivity index (χ0) is 19.7. The van der Waals surface area contributed by atoms with Crippen LogP contribution < -0.4 is 5.32 Å². The van der Waals surface area contributed by atoms with Crippen molar-refractivity contribution in [3.8, 4) is 11.3 Å². The number of fused-ring (bicyclic) bond motifs is 1. The number of pyridine rings is 1. The molecule has 142 valence electrons.